The largest absolute Gasteiger partial charge is 0.423 e. The lowest BCUT2D eigenvalue weighted by atomic mass is 9.95. The second-order valence-corrected chi connectivity index (χ2v) is 8.62. The number of nitrogens with zero attached hydrogens (tertiary/aromatic N) is 2. The number of rotatable bonds is 6. The molecule has 0 saturated heterocycles. The van der Waals surface area contributed by atoms with Gasteiger partial charge >= 0.3 is 5.97 Å². The van der Waals surface area contributed by atoms with Crippen molar-refractivity contribution < 1.29 is 19.1 Å². The third-order valence-electron chi connectivity index (χ3n) is 5.56. The van der Waals surface area contributed by atoms with Gasteiger partial charge in [-0.3, -0.25) is 9.59 Å². The first-order valence-corrected chi connectivity index (χ1v) is 11.7. The number of hydrogen-bond donors (Lipinski definition) is 0. The van der Waals surface area contributed by atoms with Crippen LogP contribution in [-0.2, 0) is 27.2 Å². The van der Waals surface area contributed by atoms with Gasteiger partial charge in [0.25, 0.3) is 0 Å². The van der Waals surface area contributed by atoms with E-state index in [4.69, 9.17) is 4.74 Å². The molecule has 3 aromatic carbocycles. The van der Waals surface area contributed by atoms with Crippen LogP contribution in [0.2, 0.25) is 0 Å². The monoisotopic (exact) mass is 478 g/mol. The summed E-state index contributed by atoms with van der Waals surface area (Å²) in [7, 11) is 0. The Bertz CT molecular complexity index is 1340. The molecule has 3 aromatic rings. The molecule has 0 aliphatic heterocycles. The van der Waals surface area contributed by atoms with Gasteiger partial charge in [0, 0.05) is 24.1 Å². The molecule has 1 aliphatic carbocycles. The SMILES string of the molecule is Cc1ccc(OC(=O)C2=CC(=NC(=O)Cc3ccccc3)CC(=NC(=O)Cc3ccccc3)C2)cc1. The topological polar surface area (TPSA) is 85.2 Å². The zero-order chi connectivity index (χ0) is 25.3. The van der Waals surface area contributed by atoms with Crippen LogP contribution in [0, 0.1) is 6.92 Å². The van der Waals surface area contributed by atoms with Crippen LogP contribution in [0.4, 0.5) is 0 Å². The van der Waals surface area contributed by atoms with Crippen molar-refractivity contribution in [1.29, 1.82) is 0 Å². The molecular formula is C30H26N2O4. The minimum absolute atomic E-state index is 0.140. The van der Waals surface area contributed by atoms with E-state index in [9.17, 15) is 14.4 Å². The van der Waals surface area contributed by atoms with Crippen LogP contribution < -0.4 is 4.74 Å². The smallest absolute Gasteiger partial charge is 0.339 e. The zero-order valence-corrected chi connectivity index (χ0v) is 20.0. The number of allylic oxidation sites excluding steroid dienone is 1. The van der Waals surface area contributed by atoms with Crippen molar-refractivity contribution in [2.45, 2.75) is 32.6 Å². The van der Waals surface area contributed by atoms with Crippen molar-refractivity contribution in [3.63, 3.8) is 0 Å². The molecule has 0 unspecified atom stereocenters. The predicted molar refractivity (Wildman–Crippen MR) is 139 cm³/mol. The number of carbonyl (C=O) groups is 3. The first-order chi connectivity index (χ1) is 17.4. The van der Waals surface area contributed by atoms with Gasteiger partial charge in [0.15, 0.2) is 0 Å². The minimum atomic E-state index is -0.565. The fraction of sp³-hybridized carbons (Fsp3) is 0.167. The van der Waals surface area contributed by atoms with Gasteiger partial charge in [-0.1, -0.05) is 78.4 Å². The van der Waals surface area contributed by atoms with Crippen LogP contribution in [0.3, 0.4) is 0 Å². The lowest BCUT2D eigenvalue weighted by Crippen LogP contribution is -2.23. The van der Waals surface area contributed by atoms with Crippen LogP contribution >= 0.6 is 0 Å². The van der Waals surface area contributed by atoms with Crippen LogP contribution in [0.1, 0.15) is 29.5 Å². The van der Waals surface area contributed by atoms with Gasteiger partial charge in [0.05, 0.1) is 18.6 Å². The highest BCUT2D eigenvalue weighted by Crippen LogP contribution is 2.20. The lowest BCUT2D eigenvalue weighted by molar-refractivity contribution is -0.130. The molecule has 0 fully saturated rings. The number of hydrogen-bond acceptors (Lipinski definition) is 4. The standard InChI is InChI=1S/C30H26N2O4/c1-21-12-14-27(15-13-21)36-30(35)24-18-25(31-28(33)16-22-8-4-2-5-9-22)20-26(19-24)32-29(34)17-23-10-6-3-7-11-23/h2-15,18H,16-17,19-20H2,1H3. The van der Waals surface area contributed by atoms with E-state index >= 15 is 0 Å². The molecule has 0 bridgehead atoms. The maximum Gasteiger partial charge on any atom is 0.339 e. The van der Waals surface area contributed by atoms with E-state index in [1.165, 1.54) is 0 Å². The highest BCUT2D eigenvalue weighted by atomic mass is 16.5. The normalized spacial score (nSPS) is 15.4. The van der Waals surface area contributed by atoms with Gasteiger partial charge in [-0.15, -0.1) is 0 Å². The Morgan fingerprint density at radius 3 is 1.86 bits per heavy atom. The maximum absolute atomic E-state index is 12.9. The van der Waals surface area contributed by atoms with E-state index in [-0.39, 0.29) is 37.5 Å². The predicted octanol–water partition coefficient (Wildman–Crippen LogP) is 5.04. The van der Waals surface area contributed by atoms with Crippen molar-refractivity contribution in [2.24, 2.45) is 9.98 Å². The summed E-state index contributed by atoms with van der Waals surface area (Å²) in [6.07, 6.45) is 2.22. The third-order valence-corrected chi connectivity index (χ3v) is 5.56. The summed E-state index contributed by atoms with van der Waals surface area (Å²) < 4.78 is 5.52. The summed E-state index contributed by atoms with van der Waals surface area (Å²) in [5.74, 6) is -0.811. The number of ether oxygens (including phenoxy) is 1. The molecule has 0 heterocycles. The molecule has 0 radical (unpaired) electrons. The van der Waals surface area contributed by atoms with Gasteiger partial charge in [0.2, 0.25) is 11.8 Å². The summed E-state index contributed by atoms with van der Waals surface area (Å²) in [6.45, 7) is 1.94. The Kier molecular flexibility index (Phi) is 8.08. The van der Waals surface area contributed by atoms with Crippen molar-refractivity contribution in [3.8, 4) is 5.75 Å². The fourth-order valence-corrected chi connectivity index (χ4v) is 3.81. The molecule has 6 heteroatoms. The van der Waals surface area contributed by atoms with E-state index in [0.29, 0.717) is 22.7 Å². The van der Waals surface area contributed by atoms with Crippen LogP contribution in [0.15, 0.2) is 107 Å². The summed E-state index contributed by atoms with van der Waals surface area (Å²) in [6, 6.07) is 25.8. The van der Waals surface area contributed by atoms with Gasteiger partial charge in [-0.2, -0.15) is 0 Å². The number of aryl methyl sites for hydroxylation is 1. The summed E-state index contributed by atoms with van der Waals surface area (Å²) in [5.41, 5.74) is 3.88. The van der Waals surface area contributed by atoms with Crippen molar-refractivity contribution in [2.75, 3.05) is 0 Å². The van der Waals surface area contributed by atoms with E-state index in [1.807, 2.05) is 79.7 Å². The highest BCUT2D eigenvalue weighted by molar-refractivity contribution is 6.21. The molecule has 4 rings (SSSR count). The molecule has 0 N–H and O–H groups in total. The zero-order valence-electron chi connectivity index (χ0n) is 20.0. The molecule has 0 aromatic heterocycles. The molecule has 6 nitrogen and oxygen atoms in total. The first kappa shape index (κ1) is 24.7. The molecule has 0 saturated carbocycles. The molecule has 180 valence electrons. The Labute approximate surface area is 210 Å². The quantitative estimate of drug-likeness (QED) is 0.367. The van der Waals surface area contributed by atoms with Crippen molar-refractivity contribution in [3.05, 3.63) is 113 Å². The van der Waals surface area contributed by atoms with Crippen molar-refractivity contribution >= 4 is 29.2 Å². The van der Waals surface area contributed by atoms with Crippen molar-refractivity contribution in [1.82, 2.24) is 0 Å². The van der Waals surface area contributed by atoms with Gasteiger partial charge in [-0.05, 0) is 36.3 Å². The molecule has 36 heavy (non-hydrogen) atoms. The van der Waals surface area contributed by atoms with E-state index in [2.05, 4.69) is 9.98 Å². The first-order valence-electron chi connectivity index (χ1n) is 11.7. The summed E-state index contributed by atoms with van der Waals surface area (Å²) in [5, 5.41) is 0. The molecule has 2 amide bonds. The van der Waals surface area contributed by atoms with E-state index < -0.39 is 5.97 Å². The van der Waals surface area contributed by atoms with E-state index in [0.717, 1.165) is 16.7 Å². The molecule has 0 spiro atoms. The second-order valence-electron chi connectivity index (χ2n) is 8.62. The number of benzene rings is 3. The number of carbonyl (C=O) groups excluding carboxylic acids is 3. The highest BCUT2D eigenvalue weighted by Gasteiger charge is 2.23. The summed E-state index contributed by atoms with van der Waals surface area (Å²) >= 11 is 0. The average molecular weight is 479 g/mol. The number of esters is 1. The van der Waals surface area contributed by atoms with Gasteiger partial charge in [-0.25, -0.2) is 14.8 Å². The molecule has 1 aliphatic rings. The minimum Gasteiger partial charge on any atom is -0.423 e. The average Bonchev–Trinajstić information content (AvgIpc) is 2.86. The maximum atomic E-state index is 12.9. The Morgan fingerprint density at radius 2 is 1.28 bits per heavy atom. The molecule has 0 atom stereocenters. The van der Waals surface area contributed by atoms with Gasteiger partial charge < -0.3 is 4.74 Å². The summed E-state index contributed by atoms with van der Waals surface area (Å²) in [4.78, 5) is 46.6. The fourth-order valence-electron chi connectivity index (χ4n) is 3.81. The second kappa shape index (κ2) is 11.8. The van der Waals surface area contributed by atoms with Crippen LogP contribution in [0.25, 0.3) is 0 Å². The Hall–Kier alpha value is -4.45. The van der Waals surface area contributed by atoms with E-state index in [1.54, 1.807) is 18.2 Å². The third kappa shape index (κ3) is 7.27. The Balaban J connectivity index is 1.55. The lowest BCUT2D eigenvalue weighted by Gasteiger charge is -2.16. The number of amides is 2. The van der Waals surface area contributed by atoms with Gasteiger partial charge in [0.1, 0.15) is 5.75 Å². The number of aliphatic imine (C=N–C) groups is 2. The Morgan fingerprint density at radius 1 is 0.722 bits per heavy atom. The van der Waals surface area contributed by atoms with Crippen LogP contribution in [0.5, 0.6) is 5.75 Å². The van der Waals surface area contributed by atoms with Crippen LogP contribution in [-0.4, -0.2) is 29.2 Å². The molecular weight excluding hydrogens is 452 g/mol.